The van der Waals surface area contributed by atoms with Crippen molar-refractivity contribution in [1.29, 1.82) is 0 Å². The fourth-order valence-corrected chi connectivity index (χ4v) is 2.34. The van der Waals surface area contributed by atoms with Crippen LogP contribution in [0.1, 0.15) is 0 Å². The molecule has 0 N–H and O–H groups in total. The van der Waals surface area contributed by atoms with Gasteiger partial charge in [-0.3, -0.25) is 4.40 Å². The van der Waals surface area contributed by atoms with Gasteiger partial charge in [0.25, 0.3) is 0 Å². The quantitative estimate of drug-likeness (QED) is 0.674. The fourth-order valence-electron chi connectivity index (χ4n) is 1.90. The van der Waals surface area contributed by atoms with E-state index in [1.165, 1.54) is 0 Å². The lowest BCUT2D eigenvalue weighted by Gasteiger charge is -2.01. The number of methoxy groups -OCH3 is 1. The number of hydrogen-bond acceptors (Lipinski definition) is 2. The van der Waals surface area contributed by atoms with E-state index in [0.717, 1.165) is 27.3 Å². The minimum absolute atomic E-state index is 0.837. The Bertz CT molecular complexity index is 706. The van der Waals surface area contributed by atoms with Crippen LogP contribution < -0.4 is 4.74 Å². The maximum atomic E-state index is 5.23. The van der Waals surface area contributed by atoms with Gasteiger partial charge in [-0.1, -0.05) is 18.2 Å². The third-order valence-corrected chi connectivity index (χ3v) is 3.45. The number of ether oxygens (including phenoxy) is 1. The van der Waals surface area contributed by atoms with Crippen molar-refractivity contribution in [2.75, 3.05) is 7.11 Å². The van der Waals surface area contributed by atoms with Crippen LogP contribution in [0.4, 0.5) is 0 Å². The van der Waals surface area contributed by atoms with Crippen LogP contribution >= 0.6 is 15.9 Å². The van der Waals surface area contributed by atoms with Crippen molar-refractivity contribution in [1.82, 2.24) is 9.38 Å². The second-order valence-corrected chi connectivity index (χ2v) is 4.75. The largest absolute Gasteiger partial charge is 0.497 e. The van der Waals surface area contributed by atoms with Crippen LogP contribution in [0.25, 0.3) is 16.9 Å². The van der Waals surface area contributed by atoms with Gasteiger partial charge in [0.15, 0.2) is 0 Å². The van der Waals surface area contributed by atoms with E-state index in [9.17, 15) is 0 Å². The molecule has 0 spiro atoms. The smallest absolute Gasteiger partial charge is 0.138 e. The van der Waals surface area contributed by atoms with Crippen molar-refractivity contribution < 1.29 is 4.74 Å². The molecule has 2 aromatic heterocycles. The Morgan fingerprint density at radius 2 is 2.00 bits per heavy atom. The summed E-state index contributed by atoms with van der Waals surface area (Å²) in [5.74, 6) is 0.837. The van der Waals surface area contributed by atoms with E-state index in [4.69, 9.17) is 4.74 Å². The maximum absolute atomic E-state index is 5.23. The highest BCUT2D eigenvalue weighted by molar-refractivity contribution is 9.10. The molecule has 0 radical (unpaired) electrons. The number of halogens is 1. The molecule has 4 heteroatoms. The molecule has 0 amide bonds. The highest BCUT2D eigenvalue weighted by Crippen LogP contribution is 2.24. The summed E-state index contributed by atoms with van der Waals surface area (Å²) in [6, 6.07) is 13.8. The molecule has 0 bridgehead atoms. The van der Waals surface area contributed by atoms with Gasteiger partial charge < -0.3 is 4.74 Å². The molecule has 0 unspecified atom stereocenters. The van der Waals surface area contributed by atoms with Gasteiger partial charge in [0.2, 0.25) is 0 Å². The zero-order chi connectivity index (χ0) is 12.5. The molecule has 0 aliphatic rings. The summed E-state index contributed by atoms with van der Waals surface area (Å²) in [7, 11) is 1.67. The van der Waals surface area contributed by atoms with Gasteiger partial charge in [0.1, 0.15) is 11.4 Å². The van der Waals surface area contributed by atoms with Gasteiger partial charge >= 0.3 is 0 Å². The maximum Gasteiger partial charge on any atom is 0.138 e. The third-order valence-electron chi connectivity index (χ3n) is 2.81. The van der Waals surface area contributed by atoms with Crippen LogP contribution in [0, 0.1) is 0 Å². The van der Waals surface area contributed by atoms with Crippen LogP contribution in [0.2, 0.25) is 0 Å². The molecule has 3 rings (SSSR count). The van der Waals surface area contributed by atoms with E-state index in [1.807, 2.05) is 53.1 Å². The van der Waals surface area contributed by atoms with E-state index < -0.39 is 0 Å². The summed E-state index contributed by atoms with van der Waals surface area (Å²) in [5.41, 5.74) is 2.90. The van der Waals surface area contributed by atoms with E-state index in [0.29, 0.717) is 0 Å². The number of fused-ring (bicyclic) bond motifs is 1. The summed E-state index contributed by atoms with van der Waals surface area (Å²) in [6.45, 7) is 0. The first-order valence-corrected chi connectivity index (χ1v) is 6.35. The number of nitrogens with zero attached hydrogens (tertiary/aromatic N) is 2. The van der Waals surface area contributed by atoms with Gasteiger partial charge in [0, 0.05) is 11.8 Å². The van der Waals surface area contributed by atoms with Crippen molar-refractivity contribution >= 4 is 21.6 Å². The zero-order valence-corrected chi connectivity index (χ0v) is 11.4. The van der Waals surface area contributed by atoms with Crippen molar-refractivity contribution in [3.63, 3.8) is 0 Å². The van der Waals surface area contributed by atoms with Crippen molar-refractivity contribution in [3.05, 3.63) is 53.3 Å². The first kappa shape index (κ1) is 11.3. The molecule has 0 saturated heterocycles. The third kappa shape index (κ3) is 1.88. The molecule has 18 heavy (non-hydrogen) atoms. The Kier molecular flexibility index (Phi) is 2.80. The van der Waals surface area contributed by atoms with Crippen LogP contribution in [-0.4, -0.2) is 16.5 Å². The lowest BCUT2D eigenvalue weighted by atomic mass is 10.1. The molecule has 0 aliphatic heterocycles. The van der Waals surface area contributed by atoms with E-state index in [1.54, 1.807) is 7.11 Å². The van der Waals surface area contributed by atoms with Gasteiger partial charge in [0.05, 0.1) is 17.4 Å². The lowest BCUT2D eigenvalue weighted by Crippen LogP contribution is -1.83. The monoisotopic (exact) mass is 302 g/mol. The van der Waals surface area contributed by atoms with Gasteiger partial charge in [-0.05, 0) is 40.2 Å². The molecule has 1 aromatic carbocycles. The Morgan fingerprint density at radius 1 is 1.17 bits per heavy atom. The molecule has 3 aromatic rings. The zero-order valence-electron chi connectivity index (χ0n) is 9.80. The predicted octanol–water partition coefficient (Wildman–Crippen LogP) is 3.77. The van der Waals surface area contributed by atoms with Crippen molar-refractivity contribution in [2.45, 2.75) is 0 Å². The molecule has 0 atom stereocenters. The topological polar surface area (TPSA) is 26.5 Å². The molecule has 2 heterocycles. The minimum Gasteiger partial charge on any atom is -0.497 e. The highest BCUT2D eigenvalue weighted by atomic mass is 79.9. The number of pyridine rings is 1. The highest BCUT2D eigenvalue weighted by Gasteiger charge is 2.06. The van der Waals surface area contributed by atoms with Crippen LogP contribution in [0.5, 0.6) is 5.75 Å². The summed E-state index contributed by atoms with van der Waals surface area (Å²) < 4.78 is 8.23. The van der Waals surface area contributed by atoms with Gasteiger partial charge in [-0.15, -0.1) is 0 Å². The van der Waals surface area contributed by atoms with E-state index in [-0.39, 0.29) is 0 Å². The molecule has 90 valence electrons. The fraction of sp³-hybridized carbons (Fsp3) is 0.0714. The van der Waals surface area contributed by atoms with Gasteiger partial charge in [-0.2, -0.15) is 0 Å². The molecule has 0 aliphatic carbocycles. The van der Waals surface area contributed by atoms with Gasteiger partial charge in [-0.25, -0.2) is 4.98 Å². The lowest BCUT2D eigenvalue weighted by molar-refractivity contribution is 0.415. The summed E-state index contributed by atoms with van der Waals surface area (Å²) in [6.07, 6.45) is 2.01. The summed E-state index contributed by atoms with van der Waals surface area (Å²) in [4.78, 5) is 4.60. The van der Waals surface area contributed by atoms with Crippen LogP contribution in [0.15, 0.2) is 53.3 Å². The Labute approximate surface area is 113 Å². The summed E-state index contributed by atoms with van der Waals surface area (Å²) >= 11 is 3.51. The minimum atomic E-state index is 0.837. The van der Waals surface area contributed by atoms with E-state index in [2.05, 4.69) is 20.9 Å². The first-order chi connectivity index (χ1) is 8.78. The molecule has 0 fully saturated rings. The van der Waals surface area contributed by atoms with E-state index >= 15 is 0 Å². The number of aromatic nitrogens is 2. The standard InChI is InChI=1S/C14H11BrN2O/c1-18-11-5-2-4-10(8-11)12-9-17-13(15)6-3-7-14(17)16-12/h2-9H,1H3. The van der Waals surface area contributed by atoms with Crippen LogP contribution in [-0.2, 0) is 0 Å². The Hall–Kier alpha value is -1.81. The molecular formula is C14H11BrN2O. The SMILES string of the molecule is COc1cccc(-c2cn3c(Br)cccc3n2)c1. The van der Waals surface area contributed by atoms with Crippen LogP contribution in [0.3, 0.4) is 0 Å². The summed E-state index contributed by atoms with van der Waals surface area (Å²) in [5, 5.41) is 0. The molecular weight excluding hydrogens is 292 g/mol. The molecule has 0 saturated carbocycles. The first-order valence-electron chi connectivity index (χ1n) is 5.56. The number of rotatable bonds is 2. The predicted molar refractivity (Wildman–Crippen MR) is 74.9 cm³/mol. The average molecular weight is 303 g/mol. The molecule has 3 nitrogen and oxygen atoms in total. The van der Waals surface area contributed by atoms with Crippen molar-refractivity contribution in [3.8, 4) is 17.0 Å². The second kappa shape index (κ2) is 4.46. The Morgan fingerprint density at radius 3 is 2.78 bits per heavy atom. The average Bonchev–Trinajstić information content (AvgIpc) is 2.84. The number of benzene rings is 1. The number of imidazole rings is 1. The second-order valence-electron chi connectivity index (χ2n) is 3.93. The van der Waals surface area contributed by atoms with Crippen molar-refractivity contribution in [2.24, 2.45) is 0 Å². The normalized spacial score (nSPS) is 10.8. The Balaban J connectivity index is 2.16. The number of hydrogen-bond donors (Lipinski definition) is 0.